The van der Waals surface area contributed by atoms with Crippen LogP contribution in [0.15, 0.2) is 36.4 Å². The second-order valence-corrected chi connectivity index (χ2v) is 9.69. The minimum atomic E-state index is 1.28. The summed E-state index contributed by atoms with van der Waals surface area (Å²) in [5, 5.41) is 0. The van der Waals surface area contributed by atoms with Crippen LogP contribution in [0.4, 0.5) is 0 Å². The van der Waals surface area contributed by atoms with E-state index in [4.69, 9.17) is 0 Å². The van der Waals surface area contributed by atoms with Crippen LogP contribution in [0.5, 0.6) is 0 Å². The van der Waals surface area contributed by atoms with Crippen LogP contribution in [-0.2, 0) is 0 Å². The van der Waals surface area contributed by atoms with Gasteiger partial charge in [0.15, 0.2) is 0 Å². The van der Waals surface area contributed by atoms with E-state index in [1.807, 2.05) is 0 Å². The van der Waals surface area contributed by atoms with Crippen molar-refractivity contribution in [3.63, 3.8) is 0 Å². The smallest absolute Gasteiger partial charge is 0.0288 e. The van der Waals surface area contributed by atoms with Crippen LogP contribution < -0.4 is 0 Å². The van der Waals surface area contributed by atoms with Gasteiger partial charge in [0.25, 0.3) is 0 Å². The maximum Gasteiger partial charge on any atom is 0.0288 e. The zero-order valence-corrected chi connectivity index (χ0v) is 20.5. The molecule has 0 spiro atoms. The van der Waals surface area contributed by atoms with Crippen molar-refractivity contribution in [1.82, 2.24) is 0 Å². The fraction of sp³-hybridized carbons (Fsp3) is 0.250. The summed E-state index contributed by atoms with van der Waals surface area (Å²) in [5.41, 5.74) is 13.5. The van der Waals surface area contributed by atoms with Gasteiger partial charge in [-0.25, -0.2) is 0 Å². The minimum Gasteiger partial charge on any atom is -0.0557 e. The summed E-state index contributed by atoms with van der Waals surface area (Å²) in [6, 6.07) is 13.8. The molecule has 0 radical (unpaired) electrons. The normalized spacial score (nSPS) is 11.1. The first kappa shape index (κ1) is 19.9. The van der Waals surface area contributed by atoms with Crippen molar-refractivity contribution in [2.24, 2.45) is 0 Å². The van der Waals surface area contributed by atoms with E-state index >= 15 is 0 Å². The van der Waals surface area contributed by atoms with Gasteiger partial charge in [-0.15, -0.1) is 0 Å². The molecular weight excluding hydrogens is 542 g/mol. The predicted octanol–water partition coefficient (Wildman–Crippen LogP) is 8.08. The maximum absolute atomic E-state index is 2.55. The van der Waals surface area contributed by atoms with Crippen molar-refractivity contribution in [3.05, 3.63) is 76.9 Å². The predicted molar refractivity (Wildman–Crippen MR) is 131 cm³/mol. The van der Waals surface area contributed by atoms with E-state index in [1.165, 1.54) is 62.8 Å². The second kappa shape index (κ2) is 7.63. The van der Waals surface area contributed by atoms with Gasteiger partial charge in [-0.05, 0) is 143 Å². The van der Waals surface area contributed by atoms with Crippen molar-refractivity contribution in [1.29, 1.82) is 0 Å². The topological polar surface area (TPSA) is 0 Å². The van der Waals surface area contributed by atoms with Gasteiger partial charge in [0.1, 0.15) is 0 Å². The van der Waals surface area contributed by atoms with Crippen LogP contribution in [-0.4, -0.2) is 0 Å². The van der Waals surface area contributed by atoms with E-state index in [-0.39, 0.29) is 0 Å². The van der Waals surface area contributed by atoms with Crippen molar-refractivity contribution >= 4 is 45.2 Å². The Morgan fingerprint density at radius 2 is 0.808 bits per heavy atom. The monoisotopic (exact) mass is 566 g/mol. The Morgan fingerprint density at radius 3 is 1.12 bits per heavy atom. The molecule has 0 fully saturated rings. The maximum atomic E-state index is 2.55. The van der Waals surface area contributed by atoms with Gasteiger partial charge < -0.3 is 0 Å². The molecule has 0 unspecified atom stereocenters. The first-order valence-corrected chi connectivity index (χ1v) is 11.0. The molecule has 0 aliphatic carbocycles. The summed E-state index contributed by atoms with van der Waals surface area (Å²) < 4.78 is 2.62. The summed E-state index contributed by atoms with van der Waals surface area (Å²) in [6.07, 6.45) is 0. The molecule has 0 nitrogen and oxygen atoms in total. The molecule has 0 N–H and O–H groups in total. The molecule has 0 bridgehead atoms. The van der Waals surface area contributed by atoms with Crippen LogP contribution in [0.1, 0.15) is 33.4 Å². The lowest BCUT2D eigenvalue weighted by molar-refractivity contribution is 1.30. The van der Waals surface area contributed by atoms with Crippen LogP contribution in [0.3, 0.4) is 0 Å². The van der Waals surface area contributed by atoms with Gasteiger partial charge in [0.2, 0.25) is 0 Å². The largest absolute Gasteiger partial charge is 0.0557 e. The molecule has 0 atom stereocenters. The summed E-state index contributed by atoms with van der Waals surface area (Å²) in [6.45, 7) is 13.3. The molecule has 0 heterocycles. The number of hydrogen-bond donors (Lipinski definition) is 0. The number of halogens is 2. The lowest BCUT2D eigenvalue weighted by atomic mass is 9.89. The highest BCUT2D eigenvalue weighted by Gasteiger charge is 2.17. The van der Waals surface area contributed by atoms with Gasteiger partial charge in [-0.1, -0.05) is 35.4 Å². The van der Waals surface area contributed by atoms with Crippen molar-refractivity contribution < 1.29 is 0 Å². The van der Waals surface area contributed by atoms with Gasteiger partial charge in [-0.2, -0.15) is 0 Å². The fourth-order valence-electron chi connectivity index (χ4n) is 4.16. The van der Waals surface area contributed by atoms with E-state index < -0.39 is 0 Å². The molecule has 0 aliphatic heterocycles. The average Bonchev–Trinajstić information content (AvgIpc) is 2.49. The fourth-order valence-corrected chi connectivity index (χ4v) is 5.64. The van der Waals surface area contributed by atoms with E-state index in [0.29, 0.717) is 0 Å². The minimum absolute atomic E-state index is 1.28. The third kappa shape index (κ3) is 3.72. The molecule has 0 saturated carbocycles. The highest BCUT2D eigenvalue weighted by Crippen LogP contribution is 2.40. The van der Waals surface area contributed by atoms with E-state index in [9.17, 15) is 0 Å². The molecule has 2 heteroatoms. The average molecular weight is 566 g/mol. The van der Waals surface area contributed by atoms with Crippen LogP contribution >= 0.6 is 45.2 Å². The lowest BCUT2D eigenvalue weighted by Gasteiger charge is -2.19. The summed E-state index contributed by atoms with van der Waals surface area (Å²) in [5.74, 6) is 0. The molecule has 0 aliphatic rings. The molecule has 134 valence electrons. The standard InChI is InChI=1S/C24H24I2/c1-13-7-15(3)22(16(4)8-13)20-11-19(25)12-21(24(20)26)23-17(5)9-14(2)10-18(23)6/h7-12H,1-6H3. The van der Waals surface area contributed by atoms with Crippen molar-refractivity contribution in [2.45, 2.75) is 41.5 Å². The summed E-state index contributed by atoms with van der Waals surface area (Å²) >= 11 is 5.00. The number of aryl methyl sites for hydroxylation is 6. The first-order valence-electron chi connectivity index (χ1n) is 8.84. The van der Waals surface area contributed by atoms with E-state index in [1.54, 1.807) is 0 Å². The molecule has 3 aromatic rings. The van der Waals surface area contributed by atoms with Gasteiger partial charge in [0, 0.05) is 7.14 Å². The molecule has 3 aromatic carbocycles. The Kier molecular flexibility index (Phi) is 5.83. The molecule has 26 heavy (non-hydrogen) atoms. The lowest BCUT2D eigenvalue weighted by Crippen LogP contribution is -1.98. The Labute approximate surface area is 184 Å². The van der Waals surface area contributed by atoms with E-state index in [2.05, 4.69) is 123 Å². The third-order valence-electron chi connectivity index (χ3n) is 4.93. The van der Waals surface area contributed by atoms with Crippen LogP contribution in [0, 0.1) is 48.7 Å². The Balaban J connectivity index is 2.34. The highest BCUT2D eigenvalue weighted by atomic mass is 127. The Morgan fingerprint density at radius 1 is 0.500 bits per heavy atom. The third-order valence-corrected chi connectivity index (χ3v) is 6.72. The van der Waals surface area contributed by atoms with Gasteiger partial charge >= 0.3 is 0 Å². The molecule has 0 amide bonds. The van der Waals surface area contributed by atoms with Crippen LogP contribution in [0.25, 0.3) is 22.3 Å². The van der Waals surface area contributed by atoms with Crippen molar-refractivity contribution in [2.75, 3.05) is 0 Å². The molecule has 0 saturated heterocycles. The number of benzene rings is 3. The van der Waals surface area contributed by atoms with E-state index in [0.717, 1.165) is 0 Å². The Hall–Kier alpha value is -0.880. The molecule has 0 aromatic heterocycles. The van der Waals surface area contributed by atoms with Crippen molar-refractivity contribution in [3.8, 4) is 22.3 Å². The van der Waals surface area contributed by atoms with Crippen LogP contribution in [0.2, 0.25) is 0 Å². The first-order chi connectivity index (χ1) is 12.2. The number of rotatable bonds is 2. The van der Waals surface area contributed by atoms with Gasteiger partial charge in [0.05, 0.1) is 0 Å². The quantitative estimate of drug-likeness (QED) is 0.275. The highest BCUT2D eigenvalue weighted by molar-refractivity contribution is 14.1. The molecule has 3 rings (SSSR count). The molecular formula is C24H24I2. The SMILES string of the molecule is Cc1cc(C)c(-c2cc(I)cc(-c3c(C)cc(C)cc3C)c2I)c(C)c1. The summed E-state index contributed by atoms with van der Waals surface area (Å²) in [7, 11) is 0. The second-order valence-electron chi connectivity index (χ2n) is 7.36. The Bertz CT molecular complexity index is 888. The zero-order chi connectivity index (χ0) is 19.2. The van der Waals surface area contributed by atoms with Gasteiger partial charge in [-0.3, -0.25) is 0 Å². The zero-order valence-electron chi connectivity index (χ0n) is 16.2. The number of hydrogen-bond acceptors (Lipinski definition) is 0. The summed E-state index contributed by atoms with van der Waals surface area (Å²) in [4.78, 5) is 0.